The zero-order valence-electron chi connectivity index (χ0n) is 16.0. The predicted molar refractivity (Wildman–Crippen MR) is 112 cm³/mol. The predicted octanol–water partition coefficient (Wildman–Crippen LogP) is 3.49. The van der Waals surface area contributed by atoms with Crippen LogP contribution in [0.25, 0.3) is 0 Å². The van der Waals surface area contributed by atoms with Gasteiger partial charge in [-0.15, -0.1) is 0 Å². The summed E-state index contributed by atoms with van der Waals surface area (Å²) in [4.78, 5) is 12.1. The molecule has 3 rings (SSSR count). The smallest absolute Gasteiger partial charge is 0.261 e. The molecule has 150 valence electrons. The Morgan fingerprint density at radius 2 is 1.66 bits per heavy atom. The van der Waals surface area contributed by atoms with Crippen molar-refractivity contribution in [3.63, 3.8) is 0 Å². The summed E-state index contributed by atoms with van der Waals surface area (Å²) in [5, 5.41) is 2.79. The standard InChI is InChI=1S/C22H22N2O4S/c1-17-6-5-7-18(14-17)15-23-22(25)16-28-20-10-12-21(13-11-20)29(26,27)24-19-8-3-2-4-9-19/h2-14,24H,15-16H2,1H3,(H,23,25). The van der Waals surface area contributed by atoms with Gasteiger partial charge in [-0.3, -0.25) is 9.52 Å². The Balaban J connectivity index is 1.51. The van der Waals surface area contributed by atoms with E-state index >= 15 is 0 Å². The largest absolute Gasteiger partial charge is 0.484 e. The van der Waals surface area contributed by atoms with Gasteiger partial charge in [0, 0.05) is 12.2 Å². The molecule has 0 atom stereocenters. The molecule has 0 spiro atoms. The summed E-state index contributed by atoms with van der Waals surface area (Å²) in [5.41, 5.74) is 2.63. The minimum atomic E-state index is -3.69. The van der Waals surface area contributed by atoms with Crippen LogP contribution >= 0.6 is 0 Å². The van der Waals surface area contributed by atoms with E-state index in [0.29, 0.717) is 18.0 Å². The molecule has 0 heterocycles. The maximum absolute atomic E-state index is 12.4. The molecule has 0 aliphatic carbocycles. The summed E-state index contributed by atoms with van der Waals surface area (Å²) in [5.74, 6) is 0.156. The van der Waals surface area contributed by atoms with Crippen molar-refractivity contribution in [2.75, 3.05) is 11.3 Å². The van der Waals surface area contributed by atoms with Gasteiger partial charge in [-0.25, -0.2) is 8.42 Å². The molecule has 0 bridgehead atoms. The molecule has 0 aliphatic rings. The van der Waals surface area contributed by atoms with Crippen LogP contribution in [0.15, 0.2) is 83.8 Å². The number of ether oxygens (including phenoxy) is 1. The molecule has 1 amide bonds. The van der Waals surface area contributed by atoms with E-state index in [-0.39, 0.29) is 17.4 Å². The highest BCUT2D eigenvalue weighted by atomic mass is 32.2. The van der Waals surface area contributed by atoms with Crippen molar-refractivity contribution >= 4 is 21.6 Å². The first-order chi connectivity index (χ1) is 13.9. The fraction of sp³-hybridized carbons (Fsp3) is 0.136. The van der Waals surface area contributed by atoms with Crippen LogP contribution in [-0.4, -0.2) is 20.9 Å². The Hall–Kier alpha value is -3.32. The molecule has 0 aliphatic heterocycles. The zero-order valence-corrected chi connectivity index (χ0v) is 16.8. The molecule has 3 aromatic rings. The second-order valence-electron chi connectivity index (χ2n) is 6.50. The van der Waals surface area contributed by atoms with Crippen LogP contribution < -0.4 is 14.8 Å². The average Bonchev–Trinajstić information content (AvgIpc) is 2.71. The van der Waals surface area contributed by atoms with Crippen molar-refractivity contribution < 1.29 is 17.9 Å². The molecule has 3 aromatic carbocycles. The number of aryl methyl sites for hydroxylation is 1. The molecule has 6 nitrogen and oxygen atoms in total. The Morgan fingerprint density at radius 3 is 2.34 bits per heavy atom. The second-order valence-corrected chi connectivity index (χ2v) is 8.18. The summed E-state index contributed by atoms with van der Waals surface area (Å²) in [6, 6.07) is 22.4. The van der Waals surface area contributed by atoms with Crippen molar-refractivity contribution in [3.05, 3.63) is 90.0 Å². The normalized spacial score (nSPS) is 10.9. The van der Waals surface area contributed by atoms with E-state index in [2.05, 4.69) is 10.0 Å². The topological polar surface area (TPSA) is 84.5 Å². The molecule has 0 radical (unpaired) electrons. The summed E-state index contributed by atoms with van der Waals surface area (Å²) >= 11 is 0. The van der Waals surface area contributed by atoms with Gasteiger partial charge in [0.2, 0.25) is 0 Å². The van der Waals surface area contributed by atoms with Crippen molar-refractivity contribution in [1.29, 1.82) is 0 Å². The van der Waals surface area contributed by atoms with E-state index in [1.165, 1.54) is 24.3 Å². The third-order valence-corrected chi connectivity index (χ3v) is 5.50. The summed E-state index contributed by atoms with van der Waals surface area (Å²) in [7, 11) is -3.69. The van der Waals surface area contributed by atoms with E-state index in [1.807, 2.05) is 31.2 Å². The lowest BCUT2D eigenvalue weighted by atomic mass is 10.1. The van der Waals surface area contributed by atoms with Crippen molar-refractivity contribution in [1.82, 2.24) is 5.32 Å². The fourth-order valence-corrected chi connectivity index (χ4v) is 3.72. The molecular formula is C22H22N2O4S. The zero-order chi connectivity index (χ0) is 20.7. The molecule has 0 fully saturated rings. The highest BCUT2D eigenvalue weighted by molar-refractivity contribution is 7.92. The first kappa shape index (κ1) is 20.4. The first-order valence-corrected chi connectivity index (χ1v) is 10.5. The van der Waals surface area contributed by atoms with E-state index in [4.69, 9.17) is 4.74 Å². The van der Waals surface area contributed by atoms with Crippen LogP contribution in [0, 0.1) is 6.92 Å². The van der Waals surface area contributed by atoms with Crippen LogP contribution in [0.1, 0.15) is 11.1 Å². The number of para-hydroxylation sites is 1. The number of nitrogens with one attached hydrogen (secondary N) is 2. The van der Waals surface area contributed by atoms with Gasteiger partial charge in [0.1, 0.15) is 5.75 Å². The summed E-state index contributed by atoms with van der Waals surface area (Å²) in [6.45, 7) is 2.26. The molecule has 0 saturated carbocycles. The van der Waals surface area contributed by atoms with Gasteiger partial charge in [-0.2, -0.15) is 0 Å². The molecule has 7 heteroatoms. The summed E-state index contributed by atoms with van der Waals surface area (Å²) < 4.78 is 32.8. The van der Waals surface area contributed by atoms with Crippen LogP contribution in [0.3, 0.4) is 0 Å². The minimum Gasteiger partial charge on any atom is -0.484 e. The minimum absolute atomic E-state index is 0.109. The number of rotatable bonds is 8. The van der Waals surface area contributed by atoms with Gasteiger partial charge < -0.3 is 10.1 Å². The fourth-order valence-electron chi connectivity index (χ4n) is 2.66. The van der Waals surface area contributed by atoms with E-state index in [0.717, 1.165) is 11.1 Å². The van der Waals surface area contributed by atoms with Gasteiger partial charge in [0.05, 0.1) is 4.90 Å². The Bertz CT molecular complexity index is 1070. The van der Waals surface area contributed by atoms with Gasteiger partial charge >= 0.3 is 0 Å². The maximum atomic E-state index is 12.4. The number of benzene rings is 3. The molecule has 29 heavy (non-hydrogen) atoms. The second kappa shape index (κ2) is 9.25. The van der Waals surface area contributed by atoms with E-state index < -0.39 is 10.0 Å². The van der Waals surface area contributed by atoms with Crippen molar-refractivity contribution in [2.45, 2.75) is 18.4 Å². The number of anilines is 1. The molecule has 0 saturated heterocycles. The molecule has 0 unspecified atom stereocenters. The van der Waals surface area contributed by atoms with Crippen LogP contribution in [-0.2, 0) is 21.4 Å². The molecule has 0 aromatic heterocycles. The van der Waals surface area contributed by atoms with Gasteiger partial charge in [0.15, 0.2) is 6.61 Å². The third kappa shape index (κ3) is 6.08. The third-order valence-electron chi connectivity index (χ3n) is 4.10. The highest BCUT2D eigenvalue weighted by Gasteiger charge is 2.14. The molecule has 2 N–H and O–H groups in total. The lowest BCUT2D eigenvalue weighted by Gasteiger charge is -2.10. The number of carbonyl (C=O) groups excluding carboxylic acids is 1. The number of carbonyl (C=O) groups is 1. The lowest BCUT2D eigenvalue weighted by molar-refractivity contribution is -0.123. The Morgan fingerprint density at radius 1 is 0.931 bits per heavy atom. The number of amides is 1. The van der Waals surface area contributed by atoms with E-state index in [1.54, 1.807) is 30.3 Å². The van der Waals surface area contributed by atoms with Crippen molar-refractivity contribution in [2.24, 2.45) is 0 Å². The first-order valence-electron chi connectivity index (χ1n) is 9.05. The van der Waals surface area contributed by atoms with Gasteiger partial charge in [-0.05, 0) is 48.9 Å². The molecular weight excluding hydrogens is 388 g/mol. The Labute approximate surface area is 170 Å². The van der Waals surface area contributed by atoms with Crippen LogP contribution in [0.5, 0.6) is 5.75 Å². The number of hydrogen-bond donors (Lipinski definition) is 2. The van der Waals surface area contributed by atoms with Crippen molar-refractivity contribution in [3.8, 4) is 5.75 Å². The Kier molecular flexibility index (Phi) is 6.51. The summed E-state index contributed by atoms with van der Waals surface area (Å²) in [6.07, 6.45) is 0. The monoisotopic (exact) mass is 410 g/mol. The van der Waals surface area contributed by atoms with Gasteiger partial charge in [0.25, 0.3) is 15.9 Å². The quantitative estimate of drug-likeness (QED) is 0.595. The maximum Gasteiger partial charge on any atom is 0.261 e. The van der Waals surface area contributed by atoms with Crippen LogP contribution in [0.2, 0.25) is 0 Å². The van der Waals surface area contributed by atoms with Crippen LogP contribution in [0.4, 0.5) is 5.69 Å². The number of hydrogen-bond acceptors (Lipinski definition) is 4. The van der Waals surface area contributed by atoms with E-state index in [9.17, 15) is 13.2 Å². The number of sulfonamides is 1. The SMILES string of the molecule is Cc1cccc(CNC(=O)COc2ccc(S(=O)(=O)Nc3ccccc3)cc2)c1. The highest BCUT2D eigenvalue weighted by Crippen LogP contribution is 2.19. The van der Waals surface area contributed by atoms with Gasteiger partial charge in [-0.1, -0.05) is 48.0 Å². The average molecular weight is 410 g/mol. The lowest BCUT2D eigenvalue weighted by Crippen LogP contribution is -2.28.